The molecule has 0 aromatic carbocycles. The van der Waals surface area contributed by atoms with Crippen LogP contribution in [0.3, 0.4) is 0 Å². The number of hydrogen-bond donors (Lipinski definition) is 3. The largest absolute Gasteiger partial charge is 0.395 e. The van der Waals surface area contributed by atoms with Crippen LogP contribution in [-0.2, 0) is 4.74 Å². The third-order valence-electron chi connectivity index (χ3n) is 1.63. The van der Waals surface area contributed by atoms with Gasteiger partial charge in [-0.2, -0.15) is 0 Å². The normalized spacial score (nSPS) is 13.2. The molecule has 74 valence electrons. The zero-order valence-electron chi connectivity index (χ0n) is 7.62. The number of hydrogen-bond acceptors (Lipinski definition) is 4. The molecule has 0 saturated heterocycles. The van der Waals surface area contributed by atoms with Crippen molar-refractivity contribution in [2.75, 3.05) is 33.0 Å². The SMILES string of the molecule is CCC(CO)NCCOCCO. The average molecular weight is 177 g/mol. The highest BCUT2D eigenvalue weighted by molar-refractivity contribution is 4.61. The van der Waals surface area contributed by atoms with Crippen LogP contribution in [0.1, 0.15) is 13.3 Å². The number of ether oxygens (including phenoxy) is 1. The van der Waals surface area contributed by atoms with Crippen LogP contribution >= 0.6 is 0 Å². The van der Waals surface area contributed by atoms with Crippen LogP contribution in [0.2, 0.25) is 0 Å². The molecule has 0 aliphatic carbocycles. The maximum Gasteiger partial charge on any atom is 0.0698 e. The summed E-state index contributed by atoms with van der Waals surface area (Å²) in [4.78, 5) is 0. The quantitative estimate of drug-likeness (QED) is 0.431. The van der Waals surface area contributed by atoms with Crippen molar-refractivity contribution in [3.05, 3.63) is 0 Å². The van der Waals surface area contributed by atoms with Gasteiger partial charge in [-0.1, -0.05) is 6.92 Å². The van der Waals surface area contributed by atoms with E-state index in [4.69, 9.17) is 14.9 Å². The highest BCUT2D eigenvalue weighted by atomic mass is 16.5. The van der Waals surface area contributed by atoms with Gasteiger partial charge in [-0.05, 0) is 6.42 Å². The number of rotatable bonds is 8. The molecule has 0 heterocycles. The van der Waals surface area contributed by atoms with Crippen molar-refractivity contribution in [1.29, 1.82) is 0 Å². The Kier molecular flexibility index (Phi) is 8.81. The Morgan fingerprint density at radius 2 is 2.08 bits per heavy atom. The number of nitrogens with one attached hydrogen (secondary N) is 1. The molecule has 0 amide bonds. The van der Waals surface area contributed by atoms with Gasteiger partial charge in [-0.15, -0.1) is 0 Å². The monoisotopic (exact) mass is 177 g/mol. The topological polar surface area (TPSA) is 61.7 Å². The highest BCUT2D eigenvalue weighted by Gasteiger charge is 2.01. The molecule has 0 spiro atoms. The maximum absolute atomic E-state index is 8.79. The summed E-state index contributed by atoms with van der Waals surface area (Å²) in [7, 11) is 0. The molecule has 1 atom stereocenters. The predicted molar refractivity (Wildman–Crippen MR) is 47.1 cm³/mol. The molecular weight excluding hydrogens is 158 g/mol. The first-order valence-electron chi connectivity index (χ1n) is 4.38. The minimum atomic E-state index is 0.0667. The summed E-state index contributed by atoms with van der Waals surface area (Å²) in [6.07, 6.45) is 0.913. The van der Waals surface area contributed by atoms with Gasteiger partial charge in [0.1, 0.15) is 0 Å². The lowest BCUT2D eigenvalue weighted by Crippen LogP contribution is -2.34. The Labute approximate surface area is 73.5 Å². The van der Waals surface area contributed by atoms with E-state index in [1.165, 1.54) is 0 Å². The first-order chi connectivity index (χ1) is 5.85. The van der Waals surface area contributed by atoms with Crippen LogP contribution in [0.15, 0.2) is 0 Å². The van der Waals surface area contributed by atoms with Crippen molar-refractivity contribution in [2.24, 2.45) is 0 Å². The summed E-state index contributed by atoms with van der Waals surface area (Å²) in [6.45, 7) is 3.93. The molecule has 3 N–H and O–H groups in total. The Morgan fingerprint density at radius 3 is 2.58 bits per heavy atom. The third-order valence-corrected chi connectivity index (χ3v) is 1.63. The van der Waals surface area contributed by atoms with Crippen molar-refractivity contribution in [3.63, 3.8) is 0 Å². The minimum Gasteiger partial charge on any atom is -0.395 e. The average Bonchev–Trinajstić information content (AvgIpc) is 2.11. The molecule has 4 nitrogen and oxygen atoms in total. The van der Waals surface area contributed by atoms with E-state index in [0.29, 0.717) is 13.2 Å². The fourth-order valence-electron chi connectivity index (χ4n) is 0.840. The molecule has 0 bridgehead atoms. The molecule has 4 heteroatoms. The van der Waals surface area contributed by atoms with Crippen molar-refractivity contribution in [3.8, 4) is 0 Å². The summed E-state index contributed by atoms with van der Waals surface area (Å²) in [6, 6.07) is 0.169. The second-order valence-electron chi connectivity index (χ2n) is 2.58. The lowest BCUT2D eigenvalue weighted by Gasteiger charge is -2.13. The summed E-state index contributed by atoms with van der Waals surface area (Å²) in [5.74, 6) is 0. The molecule has 0 aromatic rings. The summed E-state index contributed by atoms with van der Waals surface area (Å²) < 4.78 is 5.03. The summed E-state index contributed by atoms with van der Waals surface area (Å²) >= 11 is 0. The van der Waals surface area contributed by atoms with Crippen LogP contribution in [0.4, 0.5) is 0 Å². The van der Waals surface area contributed by atoms with E-state index in [9.17, 15) is 0 Å². The fourth-order valence-corrected chi connectivity index (χ4v) is 0.840. The zero-order chi connectivity index (χ0) is 9.23. The van der Waals surface area contributed by atoms with Crippen molar-refractivity contribution < 1.29 is 14.9 Å². The Balaban J connectivity index is 3.06. The Bertz CT molecular complexity index is 86.4. The molecule has 0 radical (unpaired) electrons. The summed E-state index contributed by atoms with van der Waals surface area (Å²) in [5.41, 5.74) is 0. The van der Waals surface area contributed by atoms with E-state index in [2.05, 4.69) is 5.32 Å². The smallest absolute Gasteiger partial charge is 0.0698 e. The molecule has 0 fully saturated rings. The number of aliphatic hydroxyl groups excluding tert-OH is 2. The van der Waals surface area contributed by atoms with Crippen LogP contribution in [0.5, 0.6) is 0 Å². The summed E-state index contributed by atoms with van der Waals surface area (Å²) in [5, 5.41) is 20.3. The van der Waals surface area contributed by atoms with E-state index in [1.54, 1.807) is 0 Å². The van der Waals surface area contributed by atoms with Gasteiger partial charge in [0.2, 0.25) is 0 Å². The zero-order valence-corrected chi connectivity index (χ0v) is 7.62. The standard InChI is InChI=1S/C8H19NO3/c1-2-8(7-11)9-3-5-12-6-4-10/h8-11H,2-7H2,1H3. The van der Waals surface area contributed by atoms with Crippen LogP contribution in [0, 0.1) is 0 Å². The molecule has 0 aliphatic heterocycles. The van der Waals surface area contributed by atoms with Gasteiger partial charge in [0.05, 0.1) is 26.4 Å². The molecule has 0 rings (SSSR count). The van der Waals surface area contributed by atoms with Crippen LogP contribution < -0.4 is 5.32 Å². The van der Waals surface area contributed by atoms with Gasteiger partial charge < -0.3 is 20.3 Å². The second-order valence-corrected chi connectivity index (χ2v) is 2.58. The molecule has 0 aromatic heterocycles. The van der Waals surface area contributed by atoms with Crippen molar-refractivity contribution in [2.45, 2.75) is 19.4 Å². The van der Waals surface area contributed by atoms with Gasteiger partial charge >= 0.3 is 0 Å². The van der Waals surface area contributed by atoms with Gasteiger partial charge in [-0.25, -0.2) is 0 Å². The predicted octanol–water partition coefficient (Wildman–Crippen LogP) is -0.644. The maximum atomic E-state index is 8.79. The van der Waals surface area contributed by atoms with E-state index in [-0.39, 0.29) is 19.3 Å². The van der Waals surface area contributed by atoms with Gasteiger partial charge in [0, 0.05) is 12.6 Å². The van der Waals surface area contributed by atoms with Gasteiger partial charge in [0.15, 0.2) is 0 Å². The Morgan fingerprint density at radius 1 is 1.33 bits per heavy atom. The third kappa shape index (κ3) is 6.54. The van der Waals surface area contributed by atoms with Crippen LogP contribution in [0.25, 0.3) is 0 Å². The Hall–Kier alpha value is -0.160. The van der Waals surface area contributed by atoms with E-state index < -0.39 is 0 Å². The van der Waals surface area contributed by atoms with E-state index >= 15 is 0 Å². The molecule has 12 heavy (non-hydrogen) atoms. The first-order valence-corrected chi connectivity index (χ1v) is 4.38. The van der Waals surface area contributed by atoms with Crippen molar-refractivity contribution >= 4 is 0 Å². The molecular formula is C8H19NO3. The fraction of sp³-hybridized carbons (Fsp3) is 1.00. The highest BCUT2D eigenvalue weighted by Crippen LogP contribution is 1.87. The number of aliphatic hydroxyl groups is 2. The van der Waals surface area contributed by atoms with E-state index in [0.717, 1.165) is 13.0 Å². The minimum absolute atomic E-state index is 0.0667. The van der Waals surface area contributed by atoms with Crippen molar-refractivity contribution in [1.82, 2.24) is 5.32 Å². The second kappa shape index (κ2) is 8.93. The molecule has 0 saturated carbocycles. The molecule has 1 unspecified atom stereocenters. The van der Waals surface area contributed by atoms with Crippen LogP contribution in [-0.4, -0.2) is 49.2 Å². The van der Waals surface area contributed by atoms with Gasteiger partial charge in [-0.3, -0.25) is 0 Å². The lowest BCUT2D eigenvalue weighted by atomic mass is 10.2. The first kappa shape index (κ1) is 11.8. The molecule has 0 aliphatic rings. The van der Waals surface area contributed by atoms with Gasteiger partial charge in [0.25, 0.3) is 0 Å². The van der Waals surface area contributed by atoms with E-state index in [1.807, 2.05) is 6.92 Å². The lowest BCUT2D eigenvalue weighted by molar-refractivity contribution is 0.0908.